The number of hydrogen-bond donors (Lipinski definition) is 3. The van der Waals surface area contributed by atoms with Crippen molar-refractivity contribution in [3.05, 3.63) is 0 Å². The van der Waals surface area contributed by atoms with Crippen LogP contribution in [0.2, 0.25) is 0 Å². The van der Waals surface area contributed by atoms with Gasteiger partial charge in [0.15, 0.2) is 0 Å². The smallest absolute Gasteiger partial charge is 0.406 e. The molecule has 1 heterocycles. The lowest BCUT2D eigenvalue weighted by Gasteiger charge is -2.27. The number of rotatable bonds is 2. The number of carbonyl (C=O) groups is 2. The highest BCUT2D eigenvalue weighted by Crippen LogP contribution is 2.05. The number of nitrogens with two attached hydrogens (primary N) is 1. The Labute approximate surface area is 139 Å². The van der Waals surface area contributed by atoms with Crippen molar-refractivity contribution in [2.24, 2.45) is 11.7 Å². The van der Waals surface area contributed by atoms with Gasteiger partial charge in [0.1, 0.15) is 0 Å². The van der Waals surface area contributed by atoms with Gasteiger partial charge in [0, 0.05) is 26.6 Å². The van der Waals surface area contributed by atoms with Gasteiger partial charge in [-0.3, -0.25) is 10.2 Å². The number of nitrogens with one attached hydrogen (secondary N) is 2. The van der Waals surface area contributed by atoms with Crippen LogP contribution in [0.15, 0.2) is 0 Å². The molecule has 0 bridgehead atoms. The Hall–Kier alpha value is -2.27. The molecule has 8 nitrogen and oxygen atoms in total. The first-order valence-corrected chi connectivity index (χ1v) is 7.08. The third kappa shape index (κ3) is 19.7. The number of ether oxygens (including phenoxy) is 2. The molecule has 1 fully saturated rings. The molecule has 1 saturated heterocycles. The van der Waals surface area contributed by atoms with E-state index in [0.29, 0.717) is 25.6 Å². The van der Waals surface area contributed by atoms with Gasteiger partial charge in [0.05, 0.1) is 26.7 Å². The second kappa shape index (κ2) is 19.7. The van der Waals surface area contributed by atoms with Crippen molar-refractivity contribution in [2.75, 3.05) is 40.5 Å². The molecule has 1 aliphatic rings. The molecule has 0 radical (unpaired) electrons. The minimum absolute atomic E-state index is 0.272. The second-order valence-electron chi connectivity index (χ2n) is 4.50. The first kappa shape index (κ1) is 25.7. The molecular formula is C15H30N4O4. The van der Waals surface area contributed by atoms with Crippen molar-refractivity contribution < 1.29 is 19.1 Å². The summed E-state index contributed by atoms with van der Waals surface area (Å²) in [6.45, 7) is 7.07. The summed E-state index contributed by atoms with van der Waals surface area (Å²) in [6, 6.07) is 0. The number of alkyl carbamates (subject to hydrolysis) is 1. The Morgan fingerprint density at radius 1 is 1.39 bits per heavy atom. The minimum atomic E-state index is -0.407. The fourth-order valence-electron chi connectivity index (χ4n) is 1.39. The van der Waals surface area contributed by atoms with Crippen LogP contribution in [0.3, 0.4) is 0 Å². The number of amides is 2. The summed E-state index contributed by atoms with van der Waals surface area (Å²) in [7, 11) is 2.82. The Balaban J connectivity index is -0.000000307. The summed E-state index contributed by atoms with van der Waals surface area (Å²) in [4.78, 5) is 23.2. The Morgan fingerprint density at radius 2 is 1.83 bits per heavy atom. The molecule has 0 aromatic carbocycles. The fraction of sp³-hybridized carbons (Fsp3) is 0.667. The zero-order valence-electron chi connectivity index (χ0n) is 14.5. The van der Waals surface area contributed by atoms with Crippen molar-refractivity contribution in [2.45, 2.75) is 20.3 Å². The zero-order valence-corrected chi connectivity index (χ0v) is 14.5. The highest BCUT2D eigenvalue weighted by atomic mass is 16.5. The number of methoxy groups -OCH3 is 1. The van der Waals surface area contributed by atoms with Crippen molar-refractivity contribution in [3.8, 4) is 12.8 Å². The van der Waals surface area contributed by atoms with Gasteiger partial charge in [-0.05, 0) is 5.92 Å². The molecule has 1 aliphatic heterocycles. The molecule has 0 aromatic heterocycles. The van der Waals surface area contributed by atoms with E-state index in [9.17, 15) is 9.59 Å². The van der Waals surface area contributed by atoms with E-state index in [1.807, 2.05) is 4.90 Å². The predicted molar refractivity (Wildman–Crippen MR) is 91.2 cm³/mol. The Bertz CT molecular complexity index is 321. The summed E-state index contributed by atoms with van der Waals surface area (Å²) in [5.74, 6) is 0.730. The molecule has 8 heteroatoms. The summed E-state index contributed by atoms with van der Waals surface area (Å²) in [6.07, 6.45) is 9.01. The lowest BCUT2D eigenvalue weighted by molar-refractivity contribution is -0.136. The van der Waals surface area contributed by atoms with Gasteiger partial charge in [-0.1, -0.05) is 13.8 Å². The number of morpholine rings is 1. The maximum atomic E-state index is 11.5. The topological polar surface area (TPSA) is 118 Å². The van der Waals surface area contributed by atoms with Crippen molar-refractivity contribution >= 4 is 18.3 Å². The van der Waals surface area contributed by atoms with E-state index in [1.165, 1.54) is 14.2 Å². The van der Waals surface area contributed by atoms with Gasteiger partial charge in [-0.2, -0.15) is 0 Å². The molecule has 1 rings (SSSR count). The fourth-order valence-corrected chi connectivity index (χ4v) is 1.39. The Kier molecular flexibility index (Phi) is 22.0. The lowest BCUT2D eigenvalue weighted by atomic mass is 10.1. The summed E-state index contributed by atoms with van der Waals surface area (Å²) in [5, 5.41) is 8.11. The number of carbonyl (C=O) groups excluding carboxylic acids is 2. The highest BCUT2D eigenvalue weighted by molar-refractivity contribution is 5.76. The maximum absolute atomic E-state index is 11.5. The van der Waals surface area contributed by atoms with Crippen LogP contribution in [0.5, 0.6) is 0 Å². The Morgan fingerprint density at radius 3 is 2.09 bits per heavy atom. The minimum Gasteiger partial charge on any atom is -0.453 e. The van der Waals surface area contributed by atoms with Crippen molar-refractivity contribution in [1.82, 2.24) is 10.2 Å². The average Bonchev–Trinajstić information content (AvgIpc) is 2.57. The van der Waals surface area contributed by atoms with Crippen molar-refractivity contribution in [1.29, 1.82) is 5.41 Å². The summed E-state index contributed by atoms with van der Waals surface area (Å²) >= 11 is 0. The summed E-state index contributed by atoms with van der Waals surface area (Å²) < 4.78 is 9.31. The van der Waals surface area contributed by atoms with E-state index >= 15 is 0 Å². The SMILES string of the molecule is C#C.CC(C)CC(=O)N1CCOCC1.CNC(=O)OC.N=CN. The van der Waals surface area contributed by atoms with Gasteiger partial charge in [-0.15, -0.1) is 12.8 Å². The lowest BCUT2D eigenvalue weighted by Crippen LogP contribution is -2.41. The second-order valence-corrected chi connectivity index (χ2v) is 4.50. The van der Waals surface area contributed by atoms with E-state index < -0.39 is 6.09 Å². The van der Waals surface area contributed by atoms with E-state index in [0.717, 1.165) is 19.4 Å². The average molecular weight is 330 g/mol. The maximum Gasteiger partial charge on any atom is 0.406 e. The number of terminal acetylenes is 1. The van der Waals surface area contributed by atoms with Crippen LogP contribution in [0, 0.1) is 24.2 Å². The van der Waals surface area contributed by atoms with Crippen LogP contribution in [-0.4, -0.2) is 63.7 Å². The molecule has 2 amide bonds. The third-order valence-corrected chi connectivity index (χ3v) is 2.34. The van der Waals surface area contributed by atoms with Gasteiger partial charge in [-0.25, -0.2) is 4.79 Å². The van der Waals surface area contributed by atoms with Crippen LogP contribution >= 0.6 is 0 Å². The van der Waals surface area contributed by atoms with E-state index in [1.54, 1.807) is 0 Å². The predicted octanol–water partition coefficient (Wildman–Crippen LogP) is 0.665. The highest BCUT2D eigenvalue weighted by Gasteiger charge is 2.16. The van der Waals surface area contributed by atoms with Crippen LogP contribution in [0.25, 0.3) is 0 Å². The standard InChI is InChI=1S/C9H17NO2.C3H7NO2.C2H2.CH4N2/c1-8(2)7-9(11)10-3-5-12-6-4-10;1-4-3(5)6-2;1-2;2-1-3/h8H,3-7H2,1-2H3;1-2H3,(H,4,5);1-2H;1H,(H3,2,3). The first-order chi connectivity index (χ1) is 10.9. The molecule has 0 saturated carbocycles. The quantitative estimate of drug-likeness (QED) is 0.391. The molecule has 0 spiro atoms. The molecule has 0 aromatic rings. The number of hydrogen-bond acceptors (Lipinski definition) is 5. The van der Waals surface area contributed by atoms with E-state index in [2.05, 4.69) is 42.5 Å². The van der Waals surface area contributed by atoms with Gasteiger partial charge < -0.3 is 25.4 Å². The van der Waals surface area contributed by atoms with E-state index in [-0.39, 0.29) is 5.91 Å². The van der Waals surface area contributed by atoms with Gasteiger partial charge >= 0.3 is 6.09 Å². The van der Waals surface area contributed by atoms with Crippen molar-refractivity contribution in [3.63, 3.8) is 0 Å². The largest absolute Gasteiger partial charge is 0.453 e. The third-order valence-electron chi connectivity index (χ3n) is 2.34. The van der Waals surface area contributed by atoms with Crippen LogP contribution < -0.4 is 11.1 Å². The van der Waals surface area contributed by atoms with Crippen LogP contribution in [0.4, 0.5) is 4.79 Å². The molecule has 4 N–H and O–H groups in total. The first-order valence-electron chi connectivity index (χ1n) is 7.08. The summed E-state index contributed by atoms with van der Waals surface area (Å²) in [5.41, 5.74) is 4.39. The van der Waals surface area contributed by atoms with Crippen LogP contribution in [0.1, 0.15) is 20.3 Å². The molecular weight excluding hydrogens is 300 g/mol. The monoisotopic (exact) mass is 330 g/mol. The molecule has 23 heavy (non-hydrogen) atoms. The molecule has 0 unspecified atom stereocenters. The molecule has 0 aliphatic carbocycles. The van der Waals surface area contributed by atoms with E-state index in [4.69, 9.17) is 10.1 Å². The van der Waals surface area contributed by atoms with Gasteiger partial charge in [0.2, 0.25) is 5.91 Å². The number of nitrogens with zero attached hydrogens (tertiary/aromatic N) is 1. The van der Waals surface area contributed by atoms with Crippen LogP contribution in [-0.2, 0) is 14.3 Å². The zero-order chi connectivity index (χ0) is 18.7. The molecule has 134 valence electrons. The molecule has 0 atom stereocenters. The van der Waals surface area contributed by atoms with Gasteiger partial charge in [0.25, 0.3) is 0 Å². The normalized spacial score (nSPS) is 12.0.